The standard InChI is InChI=1S/C15H27NO4/c1-6-7-12-10(2)8-11(9-13(17)18)16(12)14(19)20-15(3,4)5/h6-7,10-13,17-18H,8-9H2,1-5H3/b7-6-/t10?,11-,12+/m1/s1. The molecule has 1 heterocycles. The van der Waals surface area contributed by atoms with Crippen molar-refractivity contribution in [1.29, 1.82) is 0 Å². The fraction of sp³-hybridized carbons (Fsp3) is 0.800. The highest BCUT2D eigenvalue weighted by molar-refractivity contribution is 5.70. The number of allylic oxidation sites excluding steroid dienone is 1. The summed E-state index contributed by atoms with van der Waals surface area (Å²) >= 11 is 0. The molecule has 0 saturated carbocycles. The van der Waals surface area contributed by atoms with E-state index in [0.717, 1.165) is 6.42 Å². The van der Waals surface area contributed by atoms with E-state index in [1.165, 1.54) is 0 Å². The summed E-state index contributed by atoms with van der Waals surface area (Å²) in [6.45, 7) is 9.45. The molecule has 1 unspecified atom stereocenters. The summed E-state index contributed by atoms with van der Waals surface area (Å²) < 4.78 is 5.45. The normalized spacial score (nSPS) is 27.6. The summed E-state index contributed by atoms with van der Waals surface area (Å²) in [5, 5.41) is 18.4. The highest BCUT2D eigenvalue weighted by atomic mass is 16.6. The summed E-state index contributed by atoms with van der Waals surface area (Å²) in [5.41, 5.74) is -0.564. The van der Waals surface area contributed by atoms with Crippen LogP contribution in [0, 0.1) is 5.92 Å². The molecule has 0 aromatic carbocycles. The molecule has 1 amide bonds. The van der Waals surface area contributed by atoms with Gasteiger partial charge in [-0.15, -0.1) is 0 Å². The monoisotopic (exact) mass is 285 g/mol. The van der Waals surface area contributed by atoms with Gasteiger partial charge in [0, 0.05) is 12.5 Å². The Hall–Kier alpha value is -1.07. The quantitative estimate of drug-likeness (QED) is 0.616. The van der Waals surface area contributed by atoms with Gasteiger partial charge in [0.25, 0.3) is 0 Å². The molecule has 1 saturated heterocycles. The number of carbonyl (C=O) groups excluding carboxylic acids is 1. The number of rotatable bonds is 3. The highest BCUT2D eigenvalue weighted by Gasteiger charge is 2.42. The predicted molar refractivity (Wildman–Crippen MR) is 77.1 cm³/mol. The molecule has 1 rings (SSSR count). The van der Waals surface area contributed by atoms with Crippen molar-refractivity contribution in [1.82, 2.24) is 4.90 Å². The molecule has 20 heavy (non-hydrogen) atoms. The molecule has 0 aliphatic carbocycles. The molecule has 0 aromatic heterocycles. The first-order chi connectivity index (χ1) is 9.15. The van der Waals surface area contributed by atoms with Crippen LogP contribution in [0.1, 0.15) is 47.5 Å². The van der Waals surface area contributed by atoms with Gasteiger partial charge in [0.2, 0.25) is 0 Å². The van der Waals surface area contributed by atoms with Crippen LogP contribution in [0.3, 0.4) is 0 Å². The Balaban J connectivity index is 2.94. The number of hydrogen-bond acceptors (Lipinski definition) is 4. The van der Waals surface area contributed by atoms with Gasteiger partial charge in [-0.1, -0.05) is 19.1 Å². The van der Waals surface area contributed by atoms with E-state index < -0.39 is 18.0 Å². The van der Waals surface area contributed by atoms with Crippen molar-refractivity contribution < 1.29 is 19.7 Å². The largest absolute Gasteiger partial charge is 0.444 e. The predicted octanol–water partition coefficient (Wildman–Crippen LogP) is 2.28. The number of aliphatic hydroxyl groups excluding tert-OH is 1. The second kappa shape index (κ2) is 6.59. The minimum Gasteiger partial charge on any atom is -0.444 e. The van der Waals surface area contributed by atoms with Crippen LogP contribution in [0.5, 0.6) is 0 Å². The summed E-state index contributed by atoms with van der Waals surface area (Å²) in [4.78, 5) is 14.0. The zero-order valence-corrected chi connectivity index (χ0v) is 13.0. The van der Waals surface area contributed by atoms with Crippen molar-refractivity contribution in [2.45, 2.75) is 71.4 Å². The van der Waals surface area contributed by atoms with Gasteiger partial charge in [-0.25, -0.2) is 4.79 Å². The molecule has 0 aromatic rings. The molecule has 1 aliphatic heterocycles. The van der Waals surface area contributed by atoms with Gasteiger partial charge in [0.1, 0.15) is 5.60 Å². The summed E-state index contributed by atoms with van der Waals surface area (Å²) in [5.74, 6) is 0.266. The number of likely N-dealkylation sites (tertiary alicyclic amines) is 1. The highest BCUT2D eigenvalue weighted by Crippen LogP contribution is 2.34. The van der Waals surface area contributed by atoms with Crippen molar-refractivity contribution in [3.8, 4) is 0 Å². The van der Waals surface area contributed by atoms with Crippen LogP contribution >= 0.6 is 0 Å². The Morgan fingerprint density at radius 3 is 2.50 bits per heavy atom. The van der Waals surface area contributed by atoms with E-state index in [9.17, 15) is 15.0 Å². The third-order valence-electron chi connectivity index (χ3n) is 3.42. The van der Waals surface area contributed by atoms with E-state index in [1.54, 1.807) is 4.90 Å². The zero-order chi connectivity index (χ0) is 15.5. The Bertz CT molecular complexity index is 359. The van der Waals surface area contributed by atoms with Crippen molar-refractivity contribution in [3.05, 3.63) is 12.2 Å². The number of ether oxygens (including phenoxy) is 1. The molecule has 0 bridgehead atoms. The molecule has 0 spiro atoms. The van der Waals surface area contributed by atoms with Crippen molar-refractivity contribution >= 4 is 6.09 Å². The third-order valence-corrected chi connectivity index (χ3v) is 3.42. The lowest BCUT2D eigenvalue weighted by molar-refractivity contribution is -0.0607. The molecule has 5 nitrogen and oxygen atoms in total. The van der Waals surface area contributed by atoms with Crippen LogP contribution in [-0.4, -0.2) is 45.2 Å². The average Bonchev–Trinajstić information content (AvgIpc) is 2.52. The van der Waals surface area contributed by atoms with Gasteiger partial charge in [-0.2, -0.15) is 0 Å². The summed E-state index contributed by atoms with van der Waals surface area (Å²) in [6.07, 6.45) is 2.97. The smallest absolute Gasteiger partial charge is 0.411 e. The fourth-order valence-corrected chi connectivity index (χ4v) is 2.72. The van der Waals surface area contributed by atoms with Crippen LogP contribution in [0.15, 0.2) is 12.2 Å². The van der Waals surface area contributed by atoms with Gasteiger partial charge < -0.3 is 14.9 Å². The third kappa shape index (κ3) is 4.49. The van der Waals surface area contributed by atoms with Gasteiger partial charge >= 0.3 is 6.09 Å². The summed E-state index contributed by atoms with van der Waals surface area (Å²) in [6, 6.07) is -0.264. The molecule has 1 aliphatic rings. The van der Waals surface area contributed by atoms with Crippen LogP contribution in [-0.2, 0) is 4.74 Å². The number of carbonyl (C=O) groups is 1. The Kier molecular flexibility index (Phi) is 5.59. The van der Waals surface area contributed by atoms with Crippen LogP contribution in [0.2, 0.25) is 0 Å². The first kappa shape index (κ1) is 17.0. The first-order valence-electron chi connectivity index (χ1n) is 7.16. The maximum atomic E-state index is 12.4. The van der Waals surface area contributed by atoms with Gasteiger partial charge in [0.05, 0.1) is 6.04 Å². The van der Waals surface area contributed by atoms with E-state index in [0.29, 0.717) is 0 Å². The van der Waals surface area contributed by atoms with E-state index in [-0.39, 0.29) is 24.4 Å². The Labute approximate surface area is 121 Å². The SMILES string of the molecule is C/C=C\[C@H]1C(C)C[C@H](CC(O)O)N1C(=O)OC(C)(C)C. The lowest BCUT2D eigenvalue weighted by Crippen LogP contribution is -2.45. The number of hydrogen-bond donors (Lipinski definition) is 2. The van der Waals surface area contributed by atoms with Gasteiger partial charge in [-0.05, 0) is 40.0 Å². The lowest BCUT2D eigenvalue weighted by Gasteiger charge is -2.32. The maximum absolute atomic E-state index is 12.4. The molecular formula is C15H27NO4. The fourth-order valence-electron chi connectivity index (χ4n) is 2.72. The van der Waals surface area contributed by atoms with Gasteiger partial charge in [-0.3, -0.25) is 4.90 Å². The maximum Gasteiger partial charge on any atom is 0.411 e. The second-order valence-electron chi connectivity index (χ2n) is 6.49. The van der Waals surface area contributed by atoms with E-state index in [4.69, 9.17) is 4.74 Å². The Morgan fingerprint density at radius 2 is 2.05 bits per heavy atom. The number of nitrogens with zero attached hydrogens (tertiary/aromatic N) is 1. The molecule has 1 fully saturated rings. The van der Waals surface area contributed by atoms with Crippen molar-refractivity contribution in [3.63, 3.8) is 0 Å². The molecule has 2 N–H and O–H groups in total. The Morgan fingerprint density at radius 1 is 1.45 bits per heavy atom. The lowest BCUT2D eigenvalue weighted by atomic mass is 10.0. The van der Waals surface area contributed by atoms with Crippen molar-refractivity contribution in [2.75, 3.05) is 0 Å². The minimum atomic E-state index is -1.42. The molecule has 3 atom stereocenters. The van der Waals surface area contributed by atoms with Crippen LogP contribution < -0.4 is 0 Å². The first-order valence-corrected chi connectivity index (χ1v) is 7.16. The van der Waals surface area contributed by atoms with Gasteiger partial charge in [0.15, 0.2) is 6.29 Å². The molecule has 116 valence electrons. The van der Waals surface area contributed by atoms with Crippen LogP contribution in [0.4, 0.5) is 4.79 Å². The van der Waals surface area contributed by atoms with E-state index >= 15 is 0 Å². The topological polar surface area (TPSA) is 70.0 Å². The molecular weight excluding hydrogens is 258 g/mol. The molecule has 5 heteroatoms. The van der Waals surface area contributed by atoms with E-state index in [2.05, 4.69) is 6.92 Å². The summed E-state index contributed by atoms with van der Waals surface area (Å²) in [7, 11) is 0. The van der Waals surface area contributed by atoms with Crippen molar-refractivity contribution in [2.24, 2.45) is 5.92 Å². The van der Waals surface area contributed by atoms with E-state index in [1.807, 2.05) is 39.8 Å². The minimum absolute atomic E-state index is 0.0569. The molecule has 0 radical (unpaired) electrons. The second-order valence-corrected chi connectivity index (χ2v) is 6.49. The number of aliphatic hydroxyl groups is 2. The van der Waals surface area contributed by atoms with Crippen LogP contribution in [0.25, 0.3) is 0 Å². The average molecular weight is 285 g/mol. The zero-order valence-electron chi connectivity index (χ0n) is 13.0. The number of amides is 1.